The van der Waals surface area contributed by atoms with Gasteiger partial charge in [-0.25, -0.2) is 9.97 Å². The molecule has 1 N–H and O–H groups in total. The summed E-state index contributed by atoms with van der Waals surface area (Å²) >= 11 is 5.84. The number of carbonyl (C=O) groups is 1. The highest BCUT2D eigenvalue weighted by Crippen LogP contribution is 2.30. The Morgan fingerprint density at radius 1 is 1.65 bits per heavy atom. The molecule has 0 saturated carbocycles. The lowest BCUT2D eigenvalue weighted by molar-refractivity contribution is 0.105. The largest absolute Gasteiger partial charge is 0.376 e. The first-order chi connectivity index (χ1) is 8.07. The summed E-state index contributed by atoms with van der Waals surface area (Å²) in [5.41, 5.74) is 0.0459. The van der Waals surface area contributed by atoms with Crippen molar-refractivity contribution in [3.05, 3.63) is 17.0 Å². The third-order valence-corrected chi connectivity index (χ3v) is 3.54. The van der Waals surface area contributed by atoms with Crippen LogP contribution in [0, 0.1) is 0 Å². The lowest BCUT2D eigenvalue weighted by atomic mass is 9.94. The van der Waals surface area contributed by atoms with Crippen LogP contribution in [0.25, 0.3) is 0 Å². The van der Waals surface area contributed by atoms with E-state index in [0.29, 0.717) is 18.7 Å². The van der Waals surface area contributed by atoms with E-state index in [0.717, 1.165) is 6.42 Å². The molecule has 1 aliphatic rings. The molecule has 0 amide bonds. The summed E-state index contributed by atoms with van der Waals surface area (Å²) in [7, 11) is 0. The minimum Gasteiger partial charge on any atom is -0.376 e. The monoisotopic (exact) mass is 255 g/mol. The van der Waals surface area contributed by atoms with Gasteiger partial charge in [-0.3, -0.25) is 4.79 Å². The number of nitrogens with zero attached hydrogens (tertiary/aromatic N) is 2. The van der Waals surface area contributed by atoms with Crippen LogP contribution in [0.5, 0.6) is 0 Å². The van der Waals surface area contributed by atoms with Crippen LogP contribution >= 0.6 is 11.6 Å². The SMILES string of the molecule is CC1OCCC1(C)Nc1ncnc(Cl)c1C=O. The van der Waals surface area contributed by atoms with E-state index in [1.165, 1.54) is 6.33 Å². The number of nitrogens with one attached hydrogen (secondary N) is 1. The fraction of sp³-hybridized carbons (Fsp3) is 0.545. The third-order valence-electron chi connectivity index (χ3n) is 3.24. The lowest BCUT2D eigenvalue weighted by Gasteiger charge is -2.29. The molecule has 6 heteroatoms. The average Bonchev–Trinajstić information content (AvgIpc) is 2.59. The maximum Gasteiger partial charge on any atom is 0.156 e. The molecule has 1 aromatic rings. The lowest BCUT2D eigenvalue weighted by Crippen LogP contribution is -2.41. The Morgan fingerprint density at radius 3 is 3.00 bits per heavy atom. The van der Waals surface area contributed by atoms with Gasteiger partial charge in [0.1, 0.15) is 17.3 Å². The van der Waals surface area contributed by atoms with Crippen LogP contribution in [0.3, 0.4) is 0 Å². The number of hydrogen-bond acceptors (Lipinski definition) is 5. The minimum atomic E-state index is -0.241. The fourth-order valence-corrected chi connectivity index (χ4v) is 2.03. The van der Waals surface area contributed by atoms with Crippen LogP contribution in [0.2, 0.25) is 5.15 Å². The first-order valence-corrected chi connectivity index (χ1v) is 5.80. The zero-order valence-electron chi connectivity index (χ0n) is 9.74. The first kappa shape index (κ1) is 12.3. The van der Waals surface area contributed by atoms with Crippen molar-refractivity contribution in [2.24, 2.45) is 0 Å². The molecule has 2 unspecified atom stereocenters. The second-order valence-corrected chi connectivity index (χ2v) is 4.71. The molecule has 1 aliphatic heterocycles. The molecular formula is C11H14ClN3O2. The van der Waals surface area contributed by atoms with Crippen LogP contribution in [-0.4, -0.2) is 34.5 Å². The molecule has 2 rings (SSSR count). The maximum atomic E-state index is 11.0. The van der Waals surface area contributed by atoms with E-state index in [2.05, 4.69) is 15.3 Å². The van der Waals surface area contributed by atoms with E-state index < -0.39 is 0 Å². The molecule has 0 radical (unpaired) electrons. The molecule has 5 nitrogen and oxygen atoms in total. The van der Waals surface area contributed by atoms with Crippen LogP contribution in [-0.2, 0) is 4.74 Å². The third kappa shape index (κ3) is 2.25. The highest BCUT2D eigenvalue weighted by molar-refractivity contribution is 6.32. The van der Waals surface area contributed by atoms with Gasteiger partial charge in [-0.05, 0) is 20.3 Å². The van der Waals surface area contributed by atoms with Gasteiger partial charge in [-0.1, -0.05) is 11.6 Å². The molecular weight excluding hydrogens is 242 g/mol. The van der Waals surface area contributed by atoms with Gasteiger partial charge >= 0.3 is 0 Å². The smallest absolute Gasteiger partial charge is 0.156 e. The zero-order valence-corrected chi connectivity index (χ0v) is 10.5. The zero-order chi connectivity index (χ0) is 12.5. The number of anilines is 1. The molecule has 1 fully saturated rings. The van der Waals surface area contributed by atoms with Gasteiger partial charge in [-0.2, -0.15) is 0 Å². The molecule has 17 heavy (non-hydrogen) atoms. The predicted octanol–water partition coefficient (Wildman–Crippen LogP) is 1.92. The van der Waals surface area contributed by atoms with E-state index in [9.17, 15) is 4.79 Å². The molecule has 0 aliphatic carbocycles. The highest BCUT2D eigenvalue weighted by atomic mass is 35.5. The fourth-order valence-electron chi connectivity index (χ4n) is 1.85. The van der Waals surface area contributed by atoms with Crippen molar-refractivity contribution in [1.29, 1.82) is 0 Å². The second kappa shape index (κ2) is 4.58. The number of aromatic nitrogens is 2. The van der Waals surface area contributed by atoms with Gasteiger partial charge in [0.05, 0.1) is 17.2 Å². The van der Waals surface area contributed by atoms with E-state index in [-0.39, 0.29) is 22.4 Å². The van der Waals surface area contributed by atoms with Crippen molar-refractivity contribution in [3.8, 4) is 0 Å². The van der Waals surface area contributed by atoms with Crippen molar-refractivity contribution in [3.63, 3.8) is 0 Å². The van der Waals surface area contributed by atoms with Gasteiger partial charge in [0.25, 0.3) is 0 Å². The molecule has 2 heterocycles. The van der Waals surface area contributed by atoms with Crippen molar-refractivity contribution in [2.75, 3.05) is 11.9 Å². The van der Waals surface area contributed by atoms with Crippen LogP contribution in [0.1, 0.15) is 30.6 Å². The average molecular weight is 256 g/mol. The number of hydrogen-bond donors (Lipinski definition) is 1. The predicted molar refractivity (Wildman–Crippen MR) is 64.5 cm³/mol. The maximum absolute atomic E-state index is 11.0. The Hall–Kier alpha value is -1.20. The minimum absolute atomic E-state index is 0.0516. The summed E-state index contributed by atoms with van der Waals surface area (Å²) in [6, 6.07) is 0. The van der Waals surface area contributed by atoms with Crippen molar-refractivity contribution >= 4 is 23.7 Å². The first-order valence-electron chi connectivity index (χ1n) is 5.42. The Kier molecular flexibility index (Phi) is 3.31. The summed E-state index contributed by atoms with van der Waals surface area (Å²) in [5.74, 6) is 0.458. The second-order valence-electron chi connectivity index (χ2n) is 4.35. The van der Waals surface area contributed by atoms with Gasteiger partial charge in [-0.15, -0.1) is 0 Å². The van der Waals surface area contributed by atoms with E-state index in [1.54, 1.807) is 0 Å². The summed E-state index contributed by atoms with van der Waals surface area (Å²) in [6.45, 7) is 4.72. The Bertz CT molecular complexity index is 441. The summed E-state index contributed by atoms with van der Waals surface area (Å²) < 4.78 is 5.52. The number of ether oxygens (including phenoxy) is 1. The van der Waals surface area contributed by atoms with Gasteiger partial charge in [0, 0.05) is 6.61 Å². The van der Waals surface area contributed by atoms with E-state index in [4.69, 9.17) is 16.3 Å². The van der Waals surface area contributed by atoms with Crippen LogP contribution in [0.15, 0.2) is 6.33 Å². The van der Waals surface area contributed by atoms with E-state index >= 15 is 0 Å². The number of halogens is 1. The molecule has 1 aromatic heterocycles. The standard InChI is InChI=1S/C11H14ClN3O2/c1-7-11(2,3-4-17-7)15-10-8(5-16)9(12)13-6-14-10/h5-7H,3-4H2,1-2H3,(H,13,14,15). The number of rotatable bonds is 3. The Morgan fingerprint density at radius 2 is 2.41 bits per heavy atom. The molecule has 0 spiro atoms. The Balaban J connectivity index is 2.30. The normalized spacial score (nSPS) is 28.1. The molecule has 1 saturated heterocycles. The summed E-state index contributed by atoms with van der Waals surface area (Å²) in [4.78, 5) is 18.8. The van der Waals surface area contributed by atoms with Gasteiger partial charge in [0.15, 0.2) is 6.29 Å². The Labute approximate surface area is 105 Å². The molecule has 0 aromatic carbocycles. The van der Waals surface area contributed by atoms with Crippen molar-refractivity contribution in [1.82, 2.24) is 9.97 Å². The van der Waals surface area contributed by atoms with Crippen LogP contribution < -0.4 is 5.32 Å². The van der Waals surface area contributed by atoms with Gasteiger partial charge in [0.2, 0.25) is 0 Å². The topological polar surface area (TPSA) is 64.1 Å². The highest BCUT2D eigenvalue weighted by Gasteiger charge is 2.37. The quantitative estimate of drug-likeness (QED) is 0.660. The summed E-state index contributed by atoms with van der Waals surface area (Å²) in [5, 5.41) is 3.40. The number of carbonyl (C=O) groups excluding carboxylic acids is 1. The van der Waals surface area contributed by atoms with E-state index in [1.807, 2.05) is 13.8 Å². The molecule has 2 atom stereocenters. The molecule has 0 bridgehead atoms. The van der Waals surface area contributed by atoms with Crippen molar-refractivity contribution < 1.29 is 9.53 Å². The molecule has 92 valence electrons. The van der Waals surface area contributed by atoms with Crippen molar-refractivity contribution in [2.45, 2.75) is 31.9 Å². The van der Waals surface area contributed by atoms with Gasteiger partial charge < -0.3 is 10.1 Å². The van der Waals surface area contributed by atoms with Crippen LogP contribution in [0.4, 0.5) is 5.82 Å². The number of aldehydes is 1. The summed E-state index contributed by atoms with van der Waals surface area (Å²) in [6.07, 6.45) is 2.90.